The zero-order chi connectivity index (χ0) is 33.1. The molecule has 1 aliphatic carbocycles. The Morgan fingerprint density at radius 2 is 1.31 bits per heavy atom. The van der Waals surface area contributed by atoms with Crippen LogP contribution in [-0.2, 0) is 5.41 Å². The highest BCUT2D eigenvalue weighted by molar-refractivity contribution is 7.03. The summed E-state index contributed by atoms with van der Waals surface area (Å²) in [4.78, 5) is 10.8. The van der Waals surface area contributed by atoms with E-state index in [1.165, 1.54) is 65.7 Å². The Labute approximate surface area is 287 Å². The molecule has 2 aliphatic rings. The summed E-state index contributed by atoms with van der Waals surface area (Å²) >= 11 is 0. The number of hydrogen-bond acceptors (Lipinski definition) is 2. The minimum Gasteiger partial charge on any atom is -0.309 e. The molecule has 1 aliphatic heterocycles. The molecule has 49 heavy (non-hydrogen) atoms. The lowest BCUT2D eigenvalue weighted by Gasteiger charge is -2.22. The molecule has 0 spiro atoms. The first-order valence-electron chi connectivity index (χ1n) is 17.2. The first kappa shape index (κ1) is 28.4. The van der Waals surface area contributed by atoms with Crippen molar-refractivity contribution in [3.8, 4) is 50.6 Å². The van der Waals surface area contributed by atoms with Gasteiger partial charge in [0.2, 0.25) is 0 Å². The Bertz CT molecular complexity index is 2660. The van der Waals surface area contributed by atoms with Gasteiger partial charge in [-0.05, 0) is 57.3 Å². The molecule has 0 fully saturated rings. The number of rotatable bonds is 3. The number of hydrogen-bond donors (Lipinski definition) is 0. The van der Waals surface area contributed by atoms with E-state index in [-0.39, 0.29) is 5.41 Å². The molecule has 3 heterocycles. The summed E-state index contributed by atoms with van der Waals surface area (Å²) in [6, 6.07) is 50.8. The molecule has 8 aromatic rings. The molecule has 0 unspecified atom stereocenters. The fraction of sp³-hybridized carbons (Fsp3) is 0.111. The van der Waals surface area contributed by atoms with Crippen LogP contribution < -0.4 is 10.5 Å². The first-order valence-corrected chi connectivity index (χ1v) is 20.2. The Hall–Kier alpha value is -5.58. The predicted octanol–water partition coefficient (Wildman–Crippen LogP) is 10.0. The molecular weight excluding hydrogens is 611 g/mol. The summed E-state index contributed by atoms with van der Waals surface area (Å²) in [7, 11) is -2.06. The minimum atomic E-state index is -2.06. The van der Waals surface area contributed by atoms with Gasteiger partial charge in [0.1, 0.15) is 8.07 Å². The second-order valence-corrected chi connectivity index (χ2v) is 18.9. The minimum absolute atomic E-state index is 0.109. The maximum atomic E-state index is 5.45. The number of fused-ring (bicyclic) bond motifs is 10. The van der Waals surface area contributed by atoms with Gasteiger partial charge in [-0.3, -0.25) is 0 Å². The van der Waals surface area contributed by atoms with Crippen LogP contribution in [0.4, 0.5) is 0 Å². The van der Waals surface area contributed by atoms with E-state index < -0.39 is 8.07 Å². The molecule has 0 saturated heterocycles. The van der Waals surface area contributed by atoms with Crippen LogP contribution in [0.3, 0.4) is 0 Å². The summed E-state index contributed by atoms with van der Waals surface area (Å²) in [5.74, 6) is 0.783. The van der Waals surface area contributed by atoms with Crippen LogP contribution in [0.15, 0.2) is 140 Å². The fourth-order valence-corrected chi connectivity index (χ4v) is 11.8. The Balaban J connectivity index is 1.21. The van der Waals surface area contributed by atoms with Gasteiger partial charge in [-0.15, -0.1) is 0 Å². The van der Waals surface area contributed by atoms with Crippen molar-refractivity contribution in [1.82, 2.24) is 14.5 Å². The van der Waals surface area contributed by atoms with Crippen LogP contribution in [0.25, 0.3) is 72.4 Å². The predicted molar refractivity (Wildman–Crippen MR) is 207 cm³/mol. The third-order valence-corrected chi connectivity index (χ3v) is 14.5. The largest absolute Gasteiger partial charge is 0.309 e. The van der Waals surface area contributed by atoms with Crippen molar-refractivity contribution >= 4 is 40.4 Å². The molecular formula is C45H35N3Si. The average Bonchev–Trinajstić information content (AvgIpc) is 3.69. The van der Waals surface area contributed by atoms with Gasteiger partial charge in [-0.1, -0.05) is 142 Å². The molecule has 0 radical (unpaired) electrons. The van der Waals surface area contributed by atoms with E-state index in [1.54, 1.807) is 0 Å². The second kappa shape index (κ2) is 9.97. The van der Waals surface area contributed by atoms with Crippen molar-refractivity contribution in [1.29, 1.82) is 0 Å². The average molecular weight is 646 g/mol. The highest BCUT2D eigenvalue weighted by atomic mass is 28.3. The van der Waals surface area contributed by atoms with Crippen molar-refractivity contribution in [2.75, 3.05) is 0 Å². The molecule has 0 amide bonds. The molecule has 10 rings (SSSR count). The van der Waals surface area contributed by atoms with E-state index >= 15 is 0 Å². The number of aromatic nitrogens is 3. The molecule has 6 aromatic carbocycles. The van der Waals surface area contributed by atoms with Crippen LogP contribution >= 0.6 is 0 Å². The second-order valence-electron chi connectivity index (χ2n) is 14.6. The highest BCUT2D eigenvalue weighted by Gasteiger charge is 2.42. The van der Waals surface area contributed by atoms with E-state index in [0.29, 0.717) is 0 Å². The zero-order valence-corrected chi connectivity index (χ0v) is 29.1. The molecule has 3 nitrogen and oxygen atoms in total. The maximum Gasteiger partial charge on any atom is 0.159 e. The van der Waals surface area contributed by atoms with Crippen molar-refractivity contribution in [2.45, 2.75) is 32.4 Å². The van der Waals surface area contributed by atoms with Crippen LogP contribution in [0.2, 0.25) is 13.1 Å². The van der Waals surface area contributed by atoms with E-state index in [4.69, 9.17) is 9.97 Å². The monoisotopic (exact) mass is 645 g/mol. The topological polar surface area (TPSA) is 30.7 Å². The first-order chi connectivity index (χ1) is 23.8. The standard InChI is InChI=1S/C45H35N3Si/c1-45(2)35-22-11-8-19-31(35)32-25-26-37-39(41(32)45)33-20-9-12-23-36(33)48(37)30-18-14-17-29(27-30)43-46-42(28-15-6-5-7-16-28)40-34-21-10-13-24-38(34)49(3,4)44(40)47-43/h5-27H,1-4H3. The molecule has 0 bridgehead atoms. The van der Waals surface area contributed by atoms with Crippen molar-refractivity contribution in [3.05, 3.63) is 151 Å². The Morgan fingerprint density at radius 1 is 0.592 bits per heavy atom. The van der Waals surface area contributed by atoms with E-state index in [9.17, 15) is 0 Å². The Kier molecular flexibility index (Phi) is 5.79. The van der Waals surface area contributed by atoms with Crippen LogP contribution in [0, 0.1) is 0 Å². The summed E-state index contributed by atoms with van der Waals surface area (Å²) < 4.78 is 2.44. The summed E-state index contributed by atoms with van der Waals surface area (Å²) in [6.07, 6.45) is 0. The van der Waals surface area contributed by atoms with Gasteiger partial charge >= 0.3 is 0 Å². The van der Waals surface area contributed by atoms with Crippen molar-refractivity contribution in [2.24, 2.45) is 0 Å². The lowest BCUT2D eigenvalue weighted by atomic mass is 9.80. The summed E-state index contributed by atoms with van der Waals surface area (Å²) in [5, 5.41) is 5.28. The number of para-hydroxylation sites is 1. The molecule has 4 heteroatoms. The van der Waals surface area contributed by atoms with Crippen LogP contribution in [0.5, 0.6) is 0 Å². The van der Waals surface area contributed by atoms with Gasteiger partial charge in [-0.2, -0.15) is 0 Å². The lowest BCUT2D eigenvalue weighted by Crippen LogP contribution is -2.50. The van der Waals surface area contributed by atoms with Crippen LogP contribution in [0.1, 0.15) is 25.0 Å². The molecule has 0 N–H and O–H groups in total. The van der Waals surface area contributed by atoms with Gasteiger partial charge < -0.3 is 4.57 Å². The molecule has 2 aromatic heterocycles. The normalized spacial score (nSPS) is 14.9. The molecule has 0 saturated carbocycles. The van der Waals surface area contributed by atoms with E-state index in [2.05, 4.69) is 171 Å². The third kappa shape index (κ3) is 3.83. The van der Waals surface area contributed by atoms with Gasteiger partial charge in [0, 0.05) is 43.9 Å². The fourth-order valence-electron chi connectivity index (χ4n) is 8.87. The van der Waals surface area contributed by atoms with Crippen molar-refractivity contribution < 1.29 is 0 Å². The van der Waals surface area contributed by atoms with Crippen molar-refractivity contribution in [3.63, 3.8) is 0 Å². The third-order valence-electron chi connectivity index (χ3n) is 11.1. The molecule has 0 atom stereocenters. The van der Waals surface area contributed by atoms with Crippen LogP contribution in [-0.4, -0.2) is 22.6 Å². The molecule has 234 valence electrons. The quantitative estimate of drug-likeness (QED) is 0.179. The van der Waals surface area contributed by atoms with E-state index in [0.717, 1.165) is 28.3 Å². The summed E-state index contributed by atoms with van der Waals surface area (Å²) in [6.45, 7) is 9.61. The van der Waals surface area contributed by atoms with E-state index in [1.807, 2.05) is 0 Å². The lowest BCUT2D eigenvalue weighted by molar-refractivity contribution is 0.666. The highest BCUT2D eigenvalue weighted by Crippen LogP contribution is 2.53. The zero-order valence-electron chi connectivity index (χ0n) is 28.1. The SMILES string of the molecule is CC1(C)c2ccccc2-c2ccc3c(c21)c1ccccc1n3-c1cccc(-c2nc(-c3ccccc3)c3c(n2)[Si](C)(C)c2ccccc2-3)c1. The number of benzene rings is 6. The van der Waals surface area contributed by atoms with Gasteiger partial charge in [0.25, 0.3) is 0 Å². The smallest absolute Gasteiger partial charge is 0.159 e. The number of nitrogens with zero attached hydrogens (tertiary/aromatic N) is 3. The van der Waals surface area contributed by atoms with Gasteiger partial charge in [-0.25, -0.2) is 9.97 Å². The van der Waals surface area contributed by atoms with Gasteiger partial charge in [0.05, 0.1) is 16.7 Å². The van der Waals surface area contributed by atoms with Gasteiger partial charge in [0.15, 0.2) is 5.82 Å². The maximum absolute atomic E-state index is 5.45. The summed E-state index contributed by atoms with van der Waals surface area (Å²) in [5.41, 5.74) is 14.6. The Morgan fingerprint density at radius 3 is 2.16 bits per heavy atom.